The molecule has 0 aromatic rings. The second kappa shape index (κ2) is 6.77. The maximum Gasteiger partial charge on any atom is 0.249 e. The predicted molar refractivity (Wildman–Crippen MR) is 56.8 cm³/mol. The first kappa shape index (κ1) is 14.4. The molecule has 0 heterocycles. The van der Waals surface area contributed by atoms with Crippen LogP contribution in [0.5, 0.6) is 0 Å². The van der Waals surface area contributed by atoms with Crippen molar-refractivity contribution in [1.82, 2.24) is 0 Å². The van der Waals surface area contributed by atoms with Crippen molar-refractivity contribution in [1.29, 1.82) is 5.26 Å². The van der Waals surface area contributed by atoms with E-state index in [9.17, 15) is 5.21 Å². The van der Waals surface area contributed by atoms with Gasteiger partial charge >= 0.3 is 0 Å². The fourth-order valence-electron chi connectivity index (χ4n) is 0.415. The summed E-state index contributed by atoms with van der Waals surface area (Å²) in [4.78, 5) is -0.191. The van der Waals surface area contributed by atoms with Crippen LogP contribution in [0.4, 0.5) is 0 Å². The first-order valence-corrected chi connectivity index (χ1v) is 5.14. The van der Waals surface area contributed by atoms with E-state index in [1.807, 2.05) is 0 Å². The number of halogens is 4. The Kier molecular flexibility index (Phi) is 6.95. The van der Waals surface area contributed by atoms with Gasteiger partial charge in [-0.15, -0.1) is 0 Å². The van der Waals surface area contributed by atoms with Crippen LogP contribution in [-0.2, 0) is 0 Å². The lowest BCUT2D eigenvalue weighted by molar-refractivity contribution is -1.01. The summed E-state index contributed by atoms with van der Waals surface area (Å²) in [5.74, 6) is 0. The molecule has 0 aliphatic carbocycles. The van der Waals surface area contributed by atoms with Gasteiger partial charge in [-0.3, -0.25) is 0 Å². The Morgan fingerprint density at radius 1 is 1.36 bits per heavy atom. The summed E-state index contributed by atoms with van der Waals surface area (Å²) in [5.41, 5.74) is 0. The van der Waals surface area contributed by atoms with Gasteiger partial charge in [0.05, 0.1) is 5.03 Å². The van der Waals surface area contributed by atoms with E-state index in [4.69, 9.17) is 56.9 Å². The Morgan fingerprint density at radius 3 is 2.14 bits per heavy atom. The van der Waals surface area contributed by atoms with Gasteiger partial charge in [-0.05, 0) is 23.4 Å². The average molecular weight is 296 g/mol. The quantitative estimate of drug-likeness (QED) is 0.363. The molecule has 9 heteroatoms. The van der Waals surface area contributed by atoms with E-state index in [1.54, 1.807) is 5.40 Å². The number of quaternary nitrogens is 1. The van der Waals surface area contributed by atoms with Crippen LogP contribution in [0, 0.1) is 15.9 Å². The maximum absolute atomic E-state index is 10.5. The third-order valence-corrected chi connectivity index (χ3v) is 3.13. The van der Waals surface area contributed by atoms with Crippen molar-refractivity contribution in [3.63, 3.8) is 0 Å². The zero-order valence-electron chi connectivity index (χ0n) is 6.22. The molecule has 14 heavy (non-hydrogen) atoms. The fraction of sp³-hybridized carbons (Fsp3) is 0. The molecule has 0 aromatic carbocycles. The number of thiocyanates is 1. The van der Waals surface area contributed by atoms with Crippen molar-refractivity contribution in [2.75, 3.05) is 0 Å². The second-order valence-electron chi connectivity index (χ2n) is 1.72. The Hall–Kier alpha value is 0.360. The summed E-state index contributed by atoms with van der Waals surface area (Å²) in [6.07, 6.45) is 0. The van der Waals surface area contributed by atoms with Crippen LogP contribution in [0.1, 0.15) is 0 Å². The minimum atomic E-state index is -1.42. The Labute approximate surface area is 104 Å². The van der Waals surface area contributed by atoms with Gasteiger partial charge in [0.15, 0.2) is 0 Å². The van der Waals surface area contributed by atoms with Crippen molar-refractivity contribution < 1.29 is 10.4 Å². The van der Waals surface area contributed by atoms with E-state index >= 15 is 0 Å². The van der Waals surface area contributed by atoms with Gasteiger partial charge in [0.2, 0.25) is 5.16 Å². The Balaban J connectivity index is 5.28. The summed E-state index contributed by atoms with van der Waals surface area (Å²) in [7, 11) is 0. The largest absolute Gasteiger partial charge is 0.594 e. The van der Waals surface area contributed by atoms with Gasteiger partial charge in [-0.1, -0.05) is 34.8 Å². The fourth-order valence-corrected chi connectivity index (χ4v) is 1.64. The number of hydrogen-bond donors (Lipinski definition) is 2. The highest BCUT2D eigenvalue weighted by Crippen LogP contribution is 2.34. The monoisotopic (exact) mass is 294 g/mol. The third-order valence-electron chi connectivity index (χ3n) is 0.900. The highest BCUT2D eigenvalue weighted by atomic mass is 35.5. The number of hydroxylamine groups is 2. The summed E-state index contributed by atoms with van der Waals surface area (Å²) < 4.78 is -0.358. The van der Waals surface area contributed by atoms with Gasteiger partial charge in [0.25, 0.3) is 0 Å². The molecule has 0 bridgehead atoms. The van der Waals surface area contributed by atoms with Crippen LogP contribution in [0.25, 0.3) is 0 Å². The molecule has 4 nitrogen and oxygen atoms in total. The molecule has 78 valence electrons. The van der Waals surface area contributed by atoms with Crippen molar-refractivity contribution >= 4 is 58.2 Å². The molecule has 0 spiro atoms. The minimum absolute atomic E-state index is 0.191. The number of nitrogens with zero attached hydrogens (tertiary/aromatic N) is 1. The smallest absolute Gasteiger partial charge is 0.249 e. The molecule has 0 saturated carbocycles. The average Bonchev–Trinajstić information content (AvgIpc) is 2.11. The summed E-state index contributed by atoms with van der Waals surface area (Å²) >= 11 is 22.0. The van der Waals surface area contributed by atoms with E-state index < -0.39 is 10.4 Å². The summed E-state index contributed by atoms with van der Waals surface area (Å²) in [6.45, 7) is 0. The second-order valence-corrected chi connectivity index (χ2v) is 4.22. The normalized spacial score (nSPS) is 14.1. The first-order chi connectivity index (χ1) is 6.41. The SMILES string of the molecule is N#CS/C(C(Cl)=C(Cl)Cl)=C(\Cl)[NH+]([O-])O. The molecule has 0 aliphatic rings. The lowest BCUT2D eigenvalue weighted by Crippen LogP contribution is -3.01. The number of hydrogen-bond acceptors (Lipinski definition) is 4. The third kappa shape index (κ3) is 4.26. The number of rotatable bonds is 3. The van der Waals surface area contributed by atoms with Crippen molar-refractivity contribution in [3.05, 3.63) is 24.8 Å². The molecule has 0 saturated heterocycles. The molecule has 0 aliphatic heterocycles. The number of nitriles is 1. The van der Waals surface area contributed by atoms with Crippen LogP contribution in [0.15, 0.2) is 19.6 Å². The van der Waals surface area contributed by atoms with Crippen LogP contribution >= 0.6 is 58.2 Å². The van der Waals surface area contributed by atoms with E-state index in [0.29, 0.717) is 11.8 Å². The topological polar surface area (TPSA) is 71.5 Å². The van der Waals surface area contributed by atoms with E-state index in [0.717, 1.165) is 0 Å². The Bertz CT molecular complexity index is 318. The van der Waals surface area contributed by atoms with E-state index in [1.165, 1.54) is 0 Å². The van der Waals surface area contributed by atoms with Crippen molar-refractivity contribution in [2.45, 2.75) is 0 Å². The molecule has 1 unspecified atom stereocenters. The molecule has 0 radical (unpaired) electrons. The first-order valence-electron chi connectivity index (χ1n) is 2.82. The number of thioether (sulfide) groups is 1. The molecule has 2 N–H and O–H groups in total. The van der Waals surface area contributed by atoms with Gasteiger partial charge in [0.1, 0.15) is 14.8 Å². The standard InChI is InChI=1S/C5H2Cl4N2O2S/c6-2(4(7)8)3(14-1-10)5(9)11(12)13/h11-12H/b5-3+. The van der Waals surface area contributed by atoms with Gasteiger partial charge in [0, 0.05) is 0 Å². The zero-order chi connectivity index (χ0) is 11.3. The molecule has 0 amide bonds. The molecular formula is C5H2Cl4N2O2S. The molecule has 0 rings (SSSR count). The number of allylic oxidation sites excluding steroid dienone is 1. The lowest BCUT2D eigenvalue weighted by atomic mass is 10.6. The number of nitrogens with one attached hydrogen (secondary N) is 1. The summed E-state index contributed by atoms with van der Waals surface area (Å²) in [5, 5.41) is 26.7. The van der Waals surface area contributed by atoms with Gasteiger partial charge in [-0.2, -0.15) is 10.5 Å². The lowest BCUT2D eigenvalue weighted by Gasteiger charge is -2.12. The van der Waals surface area contributed by atoms with Crippen LogP contribution in [0.3, 0.4) is 0 Å². The van der Waals surface area contributed by atoms with Gasteiger partial charge < -0.3 is 5.21 Å². The maximum atomic E-state index is 10.5. The molecule has 0 fully saturated rings. The Morgan fingerprint density at radius 2 is 1.86 bits per heavy atom. The predicted octanol–water partition coefficient (Wildman–Crippen LogP) is 2.27. The van der Waals surface area contributed by atoms with Crippen LogP contribution in [-0.4, -0.2) is 5.21 Å². The minimum Gasteiger partial charge on any atom is -0.594 e. The van der Waals surface area contributed by atoms with Crippen LogP contribution in [0.2, 0.25) is 0 Å². The van der Waals surface area contributed by atoms with Crippen LogP contribution < -0.4 is 5.23 Å². The molecule has 1 atom stereocenters. The van der Waals surface area contributed by atoms with E-state index in [2.05, 4.69) is 0 Å². The molecular weight excluding hydrogens is 294 g/mol. The zero-order valence-corrected chi connectivity index (χ0v) is 10.1. The highest BCUT2D eigenvalue weighted by molar-refractivity contribution is 8.07. The van der Waals surface area contributed by atoms with E-state index in [-0.39, 0.29) is 14.4 Å². The summed E-state index contributed by atoms with van der Waals surface area (Å²) in [6, 6.07) is 0. The van der Waals surface area contributed by atoms with Gasteiger partial charge in [-0.25, -0.2) is 5.21 Å². The van der Waals surface area contributed by atoms with Crippen molar-refractivity contribution in [3.8, 4) is 5.40 Å². The van der Waals surface area contributed by atoms with Crippen molar-refractivity contribution in [2.24, 2.45) is 0 Å². The highest BCUT2D eigenvalue weighted by Gasteiger charge is 2.18. The molecule has 0 aromatic heterocycles.